The number of carbonyl (C=O) groups is 3. The van der Waals surface area contributed by atoms with E-state index < -0.39 is 29.9 Å². The molecule has 0 spiro atoms. The van der Waals surface area contributed by atoms with Gasteiger partial charge in [-0.05, 0) is 17.7 Å². The van der Waals surface area contributed by atoms with Gasteiger partial charge in [0.2, 0.25) is 5.91 Å². The maximum atomic E-state index is 11.5. The van der Waals surface area contributed by atoms with E-state index in [0.717, 1.165) is 17.1 Å². The first-order chi connectivity index (χ1) is 9.41. The summed E-state index contributed by atoms with van der Waals surface area (Å²) in [5.74, 6) is -1.96. The van der Waals surface area contributed by atoms with Crippen LogP contribution in [0.2, 0.25) is 0 Å². The fourth-order valence-electron chi connectivity index (χ4n) is 1.81. The molecule has 7 heteroatoms. The van der Waals surface area contributed by atoms with E-state index in [1.807, 2.05) is 0 Å². The van der Waals surface area contributed by atoms with Crippen LogP contribution < -0.4 is 10.6 Å². The van der Waals surface area contributed by atoms with Crippen molar-refractivity contribution in [2.75, 3.05) is 4.90 Å². The van der Waals surface area contributed by atoms with Gasteiger partial charge in [-0.2, -0.15) is 0 Å². The molecule has 2 atom stereocenters. The number of benzene rings is 1. The standard InChI is InChI=1S/C13H12N2O5/c14-13(20)12(19)11(18)7-1-3-8(4-2-7)15-9(16)5-6-10(15)17/h1-6,11-12,18-19H,(H2,14,20). The zero-order valence-electron chi connectivity index (χ0n) is 10.3. The Balaban J connectivity index is 2.21. The number of rotatable bonds is 4. The average molecular weight is 276 g/mol. The maximum Gasteiger partial charge on any atom is 0.258 e. The number of nitrogens with zero attached hydrogens (tertiary/aromatic N) is 1. The van der Waals surface area contributed by atoms with Crippen molar-refractivity contribution in [2.45, 2.75) is 12.2 Å². The third-order valence-electron chi connectivity index (χ3n) is 2.89. The van der Waals surface area contributed by atoms with Crippen molar-refractivity contribution in [3.63, 3.8) is 0 Å². The highest BCUT2D eigenvalue weighted by Crippen LogP contribution is 2.23. The number of aliphatic hydroxyl groups excluding tert-OH is 2. The van der Waals surface area contributed by atoms with Gasteiger partial charge in [0, 0.05) is 12.2 Å². The number of hydrogen-bond acceptors (Lipinski definition) is 5. The maximum absolute atomic E-state index is 11.5. The normalized spacial score (nSPS) is 17.4. The fourth-order valence-corrected chi connectivity index (χ4v) is 1.81. The van der Waals surface area contributed by atoms with Crippen LogP contribution in [0.1, 0.15) is 11.7 Å². The number of carbonyl (C=O) groups excluding carboxylic acids is 3. The van der Waals surface area contributed by atoms with Gasteiger partial charge >= 0.3 is 0 Å². The van der Waals surface area contributed by atoms with Crippen molar-refractivity contribution in [3.8, 4) is 0 Å². The molecule has 7 nitrogen and oxygen atoms in total. The molecular weight excluding hydrogens is 264 g/mol. The third-order valence-corrected chi connectivity index (χ3v) is 2.89. The Morgan fingerprint density at radius 1 is 1.05 bits per heavy atom. The number of primary amides is 1. The fraction of sp³-hybridized carbons (Fsp3) is 0.154. The average Bonchev–Trinajstić information content (AvgIpc) is 2.76. The molecule has 20 heavy (non-hydrogen) atoms. The SMILES string of the molecule is NC(=O)C(O)C(O)c1ccc(N2C(=O)C=CC2=O)cc1. The molecule has 0 bridgehead atoms. The zero-order valence-corrected chi connectivity index (χ0v) is 10.3. The van der Waals surface area contributed by atoms with Crippen LogP contribution in [0.15, 0.2) is 36.4 Å². The first-order valence-electron chi connectivity index (χ1n) is 5.73. The Morgan fingerprint density at radius 3 is 2.00 bits per heavy atom. The van der Waals surface area contributed by atoms with Crippen LogP contribution in [0.4, 0.5) is 5.69 Å². The molecule has 0 fully saturated rings. The lowest BCUT2D eigenvalue weighted by molar-refractivity contribution is -0.132. The largest absolute Gasteiger partial charge is 0.385 e. The van der Waals surface area contributed by atoms with Gasteiger partial charge in [0.1, 0.15) is 6.10 Å². The Morgan fingerprint density at radius 2 is 1.55 bits per heavy atom. The highest BCUT2D eigenvalue weighted by Gasteiger charge is 2.26. The van der Waals surface area contributed by atoms with Crippen LogP contribution in [0, 0.1) is 0 Å². The minimum Gasteiger partial charge on any atom is -0.385 e. The van der Waals surface area contributed by atoms with Gasteiger partial charge < -0.3 is 15.9 Å². The minimum atomic E-state index is -1.72. The van der Waals surface area contributed by atoms with E-state index in [1.165, 1.54) is 24.3 Å². The summed E-state index contributed by atoms with van der Waals surface area (Å²) in [6.45, 7) is 0. The summed E-state index contributed by atoms with van der Waals surface area (Å²) in [5, 5.41) is 19.1. The Bertz CT molecular complexity index is 575. The van der Waals surface area contributed by atoms with E-state index in [4.69, 9.17) is 5.73 Å². The minimum absolute atomic E-state index is 0.243. The van der Waals surface area contributed by atoms with Crippen molar-refractivity contribution >= 4 is 23.4 Å². The lowest BCUT2D eigenvalue weighted by atomic mass is 10.0. The predicted octanol–water partition coefficient (Wildman–Crippen LogP) is -1.00. The van der Waals surface area contributed by atoms with Crippen LogP contribution in [-0.2, 0) is 14.4 Å². The van der Waals surface area contributed by atoms with Crippen molar-refractivity contribution in [1.29, 1.82) is 0 Å². The van der Waals surface area contributed by atoms with Gasteiger partial charge in [-0.1, -0.05) is 12.1 Å². The van der Waals surface area contributed by atoms with Crippen molar-refractivity contribution in [1.82, 2.24) is 0 Å². The molecule has 4 N–H and O–H groups in total. The molecule has 2 unspecified atom stereocenters. The third kappa shape index (κ3) is 2.44. The molecular formula is C13H12N2O5. The quantitative estimate of drug-likeness (QED) is 0.609. The van der Waals surface area contributed by atoms with Crippen molar-refractivity contribution in [2.24, 2.45) is 5.73 Å². The molecule has 0 aliphatic carbocycles. The molecule has 0 aromatic heterocycles. The lowest BCUT2D eigenvalue weighted by Gasteiger charge is -2.17. The molecule has 2 rings (SSSR count). The predicted molar refractivity (Wildman–Crippen MR) is 68.2 cm³/mol. The first kappa shape index (κ1) is 13.9. The zero-order chi connectivity index (χ0) is 14.9. The lowest BCUT2D eigenvalue weighted by Crippen LogP contribution is -2.34. The van der Waals surface area contributed by atoms with E-state index in [2.05, 4.69) is 0 Å². The van der Waals surface area contributed by atoms with E-state index >= 15 is 0 Å². The van der Waals surface area contributed by atoms with E-state index in [-0.39, 0.29) is 5.56 Å². The highest BCUT2D eigenvalue weighted by atomic mass is 16.3. The van der Waals surface area contributed by atoms with Crippen LogP contribution in [0.5, 0.6) is 0 Å². The van der Waals surface area contributed by atoms with Crippen LogP contribution >= 0.6 is 0 Å². The number of nitrogens with two attached hydrogens (primary N) is 1. The van der Waals surface area contributed by atoms with Gasteiger partial charge in [-0.25, -0.2) is 4.90 Å². The molecule has 1 aromatic carbocycles. The second-order valence-corrected chi connectivity index (χ2v) is 4.23. The van der Waals surface area contributed by atoms with E-state index in [1.54, 1.807) is 0 Å². The first-order valence-corrected chi connectivity index (χ1v) is 5.73. The number of amides is 3. The molecule has 104 valence electrons. The van der Waals surface area contributed by atoms with Crippen molar-refractivity contribution < 1.29 is 24.6 Å². The second-order valence-electron chi connectivity index (χ2n) is 4.23. The molecule has 1 aromatic rings. The monoisotopic (exact) mass is 276 g/mol. The van der Waals surface area contributed by atoms with E-state index in [9.17, 15) is 24.6 Å². The van der Waals surface area contributed by atoms with Gasteiger partial charge in [0.15, 0.2) is 6.10 Å². The summed E-state index contributed by atoms with van der Waals surface area (Å²) in [6, 6.07) is 5.64. The summed E-state index contributed by atoms with van der Waals surface area (Å²) in [6.07, 6.45) is -0.883. The smallest absolute Gasteiger partial charge is 0.258 e. The molecule has 0 saturated heterocycles. The summed E-state index contributed by atoms with van der Waals surface area (Å²) in [4.78, 5) is 34.7. The number of imide groups is 1. The molecule has 1 aliphatic heterocycles. The topological polar surface area (TPSA) is 121 Å². The van der Waals surface area contributed by atoms with Crippen LogP contribution in [0.3, 0.4) is 0 Å². The Hall–Kier alpha value is -2.51. The molecule has 1 aliphatic rings. The van der Waals surface area contributed by atoms with Gasteiger partial charge in [0.05, 0.1) is 5.69 Å². The van der Waals surface area contributed by atoms with Gasteiger partial charge in [-0.3, -0.25) is 14.4 Å². The molecule has 0 radical (unpaired) electrons. The van der Waals surface area contributed by atoms with Gasteiger partial charge in [-0.15, -0.1) is 0 Å². The molecule has 0 saturated carbocycles. The molecule has 1 heterocycles. The molecule has 3 amide bonds. The Kier molecular flexibility index (Phi) is 3.64. The summed E-state index contributed by atoms with van der Waals surface area (Å²) in [7, 11) is 0. The summed E-state index contributed by atoms with van der Waals surface area (Å²) >= 11 is 0. The van der Waals surface area contributed by atoms with Crippen LogP contribution in [0.25, 0.3) is 0 Å². The highest BCUT2D eigenvalue weighted by molar-refractivity contribution is 6.28. The Labute approximate surface area is 113 Å². The van der Waals surface area contributed by atoms with Gasteiger partial charge in [0.25, 0.3) is 11.8 Å². The number of anilines is 1. The second kappa shape index (κ2) is 5.24. The number of aliphatic hydroxyl groups is 2. The summed E-state index contributed by atoms with van der Waals surface area (Å²) < 4.78 is 0. The van der Waals surface area contributed by atoms with Crippen molar-refractivity contribution in [3.05, 3.63) is 42.0 Å². The van der Waals surface area contributed by atoms with Crippen LogP contribution in [-0.4, -0.2) is 34.0 Å². The number of hydrogen-bond donors (Lipinski definition) is 3. The van der Waals surface area contributed by atoms with E-state index in [0.29, 0.717) is 5.69 Å². The summed E-state index contributed by atoms with van der Waals surface area (Å²) in [5.41, 5.74) is 5.46.